The fraction of sp³-hybridized carbons (Fsp3) is 0.0833. The van der Waals surface area contributed by atoms with Crippen LogP contribution < -0.4 is 5.32 Å². The summed E-state index contributed by atoms with van der Waals surface area (Å²) >= 11 is 14.8. The molecular formula is C12H8BrCl2FN2. The summed E-state index contributed by atoms with van der Waals surface area (Å²) in [6.45, 7) is 1.95. The predicted molar refractivity (Wildman–Crippen MR) is 76.4 cm³/mol. The second kappa shape index (κ2) is 5.43. The van der Waals surface area contributed by atoms with E-state index < -0.39 is 5.82 Å². The molecule has 1 heterocycles. The lowest BCUT2D eigenvalue weighted by Crippen LogP contribution is -1.95. The van der Waals surface area contributed by atoms with Gasteiger partial charge in [0.1, 0.15) is 5.82 Å². The highest BCUT2D eigenvalue weighted by molar-refractivity contribution is 9.10. The van der Waals surface area contributed by atoms with Gasteiger partial charge in [-0.05, 0) is 46.6 Å². The number of halogens is 4. The third kappa shape index (κ3) is 2.94. The van der Waals surface area contributed by atoms with Gasteiger partial charge in [-0.25, -0.2) is 9.37 Å². The van der Waals surface area contributed by atoms with Crippen molar-refractivity contribution in [2.75, 3.05) is 5.32 Å². The molecule has 94 valence electrons. The highest BCUT2D eigenvalue weighted by Crippen LogP contribution is 2.29. The van der Waals surface area contributed by atoms with E-state index in [-0.39, 0.29) is 10.0 Å². The number of nitrogens with zero attached hydrogens (tertiary/aromatic N) is 1. The van der Waals surface area contributed by atoms with Crippen LogP contribution in [0.1, 0.15) is 5.56 Å². The molecule has 1 N–H and O–H groups in total. The van der Waals surface area contributed by atoms with Gasteiger partial charge in [0.25, 0.3) is 0 Å². The van der Waals surface area contributed by atoms with Crippen molar-refractivity contribution in [1.82, 2.24) is 4.98 Å². The number of anilines is 2. The summed E-state index contributed by atoms with van der Waals surface area (Å²) in [5, 5.41) is 2.96. The lowest BCUT2D eigenvalue weighted by Gasteiger charge is -2.08. The zero-order valence-corrected chi connectivity index (χ0v) is 12.4. The lowest BCUT2D eigenvalue weighted by molar-refractivity contribution is 0.629. The summed E-state index contributed by atoms with van der Waals surface area (Å²) in [5.41, 5.74) is 1.62. The smallest absolute Gasteiger partial charge is 0.160 e. The summed E-state index contributed by atoms with van der Waals surface area (Å²) in [6, 6.07) is 4.78. The zero-order chi connectivity index (χ0) is 13.3. The van der Waals surface area contributed by atoms with Gasteiger partial charge in [-0.15, -0.1) is 0 Å². The normalized spacial score (nSPS) is 10.5. The van der Waals surface area contributed by atoms with Crippen molar-refractivity contribution < 1.29 is 4.39 Å². The van der Waals surface area contributed by atoms with Crippen molar-refractivity contribution in [3.63, 3.8) is 0 Å². The van der Waals surface area contributed by atoms with E-state index in [1.807, 2.05) is 13.0 Å². The Hall–Kier alpha value is -0.840. The second-order valence-corrected chi connectivity index (χ2v) is 5.37. The molecule has 0 atom stereocenters. The van der Waals surface area contributed by atoms with Gasteiger partial charge >= 0.3 is 0 Å². The Kier molecular flexibility index (Phi) is 4.10. The molecule has 0 amide bonds. The van der Waals surface area contributed by atoms with Gasteiger partial charge in [-0.1, -0.05) is 23.2 Å². The van der Waals surface area contributed by atoms with Crippen molar-refractivity contribution in [2.45, 2.75) is 6.92 Å². The fourth-order valence-corrected chi connectivity index (χ4v) is 2.09. The Morgan fingerprint density at radius 3 is 2.39 bits per heavy atom. The number of rotatable bonds is 2. The summed E-state index contributed by atoms with van der Waals surface area (Å²) in [4.78, 5) is 4.18. The van der Waals surface area contributed by atoms with Crippen LogP contribution in [0.5, 0.6) is 0 Å². The van der Waals surface area contributed by atoms with Crippen LogP contribution in [0.4, 0.5) is 15.9 Å². The first-order chi connectivity index (χ1) is 8.47. The molecule has 1 aromatic heterocycles. The molecule has 18 heavy (non-hydrogen) atoms. The Balaban J connectivity index is 2.31. The molecule has 1 aromatic carbocycles. The van der Waals surface area contributed by atoms with Crippen molar-refractivity contribution >= 4 is 50.6 Å². The van der Waals surface area contributed by atoms with Crippen molar-refractivity contribution in [2.24, 2.45) is 0 Å². The van der Waals surface area contributed by atoms with E-state index in [2.05, 4.69) is 26.2 Å². The second-order valence-electron chi connectivity index (χ2n) is 3.70. The molecule has 0 spiro atoms. The van der Waals surface area contributed by atoms with Crippen LogP contribution in [0, 0.1) is 12.7 Å². The van der Waals surface area contributed by atoms with Crippen LogP contribution in [-0.2, 0) is 0 Å². The first kappa shape index (κ1) is 13.6. The topological polar surface area (TPSA) is 24.9 Å². The molecular weight excluding hydrogens is 342 g/mol. The molecule has 0 unspecified atom stereocenters. The molecule has 2 rings (SSSR count). The Morgan fingerprint density at radius 1 is 1.22 bits per heavy atom. The van der Waals surface area contributed by atoms with Gasteiger partial charge < -0.3 is 5.32 Å². The number of aryl methyl sites for hydroxylation is 1. The minimum Gasteiger partial charge on any atom is -0.340 e. The van der Waals surface area contributed by atoms with E-state index in [0.717, 1.165) is 10.0 Å². The molecule has 0 aliphatic carbocycles. The Morgan fingerprint density at radius 2 is 1.83 bits per heavy atom. The highest BCUT2D eigenvalue weighted by Gasteiger charge is 2.08. The molecule has 0 aliphatic heterocycles. The number of benzene rings is 1. The van der Waals surface area contributed by atoms with Gasteiger partial charge in [0.15, 0.2) is 5.82 Å². The maximum absolute atomic E-state index is 13.3. The first-order valence-electron chi connectivity index (χ1n) is 5.01. The van der Waals surface area contributed by atoms with Gasteiger partial charge in [0.05, 0.1) is 10.0 Å². The number of hydrogen-bond donors (Lipinski definition) is 1. The van der Waals surface area contributed by atoms with Crippen molar-refractivity contribution in [3.8, 4) is 0 Å². The van der Waals surface area contributed by atoms with E-state index in [9.17, 15) is 4.39 Å². The van der Waals surface area contributed by atoms with Crippen LogP contribution in [0.2, 0.25) is 10.0 Å². The van der Waals surface area contributed by atoms with Crippen LogP contribution in [0.25, 0.3) is 0 Å². The Bertz CT molecular complexity index is 582. The van der Waals surface area contributed by atoms with E-state index in [1.54, 1.807) is 6.20 Å². The molecule has 0 aliphatic rings. The largest absolute Gasteiger partial charge is 0.340 e. The standard InChI is InChI=1S/C12H8BrCl2FN2/c1-6-2-11(17-5-8(6)13)18-7-3-9(14)12(16)10(15)4-7/h2-5H,1H3,(H,17,18). The van der Waals surface area contributed by atoms with E-state index >= 15 is 0 Å². The zero-order valence-electron chi connectivity index (χ0n) is 9.27. The Labute approximate surface area is 122 Å². The number of pyridine rings is 1. The summed E-state index contributed by atoms with van der Waals surface area (Å²) < 4.78 is 14.2. The van der Waals surface area contributed by atoms with Crippen molar-refractivity contribution in [1.29, 1.82) is 0 Å². The minimum absolute atomic E-state index is 0.0289. The van der Waals surface area contributed by atoms with Gasteiger partial charge in [0.2, 0.25) is 0 Å². The number of hydrogen-bond acceptors (Lipinski definition) is 2. The molecule has 0 saturated carbocycles. The molecule has 0 fully saturated rings. The molecule has 0 radical (unpaired) electrons. The average Bonchev–Trinajstić information content (AvgIpc) is 2.31. The first-order valence-corrected chi connectivity index (χ1v) is 6.56. The van der Waals surface area contributed by atoms with Crippen LogP contribution >= 0.6 is 39.1 Å². The van der Waals surface area contributed by atoms with E-state index in [4.69, 9.17) is 23.2 Å². The monoisotopic (exact) mass is 348 g/mol. The quantitative estimate of drug-likeness (QED) is 0.740. The number of aromatic nitrogens is 1. The van der Waals surface area contributed by atoms with Crippen LogP contribution in [0.15, 0.2) is 28.9 Å². The average molecular weight is 350 g/mol. The summed E-state index contributed by atoms with van der Waals surface area (Å²) in [7, 11) is 0. The molecule has 2 aromatic rings. The SMILES string of the molecule is Cc1cc(Nc2cc(Cl)c(F)c(Cl)c2)ncc1Br. The molecule has 0 bridgehead atoms. The van der Waals surface area contributed by atoms with Gasteiger partial charge in [-0.2, -0.15) is 0 Å². The fourth-order valence-electron chi connectivity index (χ4n) is 1.38. The van der Waals surface area contributed by atoms with E-state index in [0.29, 0.717) is 11.5 Å². The maximum Gasteiger partial charge on any atom is 0.160 e. The number of nitrogens with one attached hydrogen (secondary N) is 1. The minimum atomic E-state index is -0.621. The van der Waals surface area contributed by atoms with E-state index in [1.165, 1.54) is 12.1 Å². The third-order valence-corrected chi connectivity index (χ3v) is 3.68. The lowest BCUT2D eigenvalue weighted by atomic mass is 10.2. The maximum atomic E-state index is 13.3. The highest BCUT2D eigenvalue weighted by atomic mass is 79.9. The summed E-state index contributed by atoms with van der Waals surface area (Å²) in [6.07, 6.45) is 1.68. The van der Waals surface area contributed by atoms with Gasteiger partial charge in [-0.3, -0.25) is 0 Å². The van der Waals surface area contributed by atoms with Crippen molar-refractivity contribution in [3.05, 3.63) is 50.3 Å². The van der Waals surface area contributed by atoms with Crippen LogP contribution in [0.3, 0.4) is 0 Å². The molecule has 6 heteroatoms. The predicted octanol–water partition coefficient (Wildman–Crippen LogP) is 5.34. The molecule has 0 saturated heterocycles. The summed E-state index contributed by atoms with van der Waals surface area (Å²) in [5.74, 6) is 0.0123. The van der Waals surface area contributed by atoms with Crippen LogP contribution in [-0.4, -0.2) is 4.98 Å². The molecule has 2 nitrogen and oxygen atoms in total. The van der Waals surface area contributed by atoms with Gasteiger partial charge in [0, 0.05) is 16.4 Å². The third-order valence-electron chi connectivity index (χ3n) is 2.30.